The molecule has 0 saturated carbocycles. The molecule has 2 aromatic rings. The highest BCUT2D eigenvalue weighted by molar-refractivity contribution is 7.92. The van der Waals surface area contributed by atoms with Gasteiger partial charge in [-0.1, -0.05) is 26.0 Å². The number of nitrogens with one attached hydrogen (secondary N) is 1. The van der Waals surface area contributed by atoms with Crippen molar-refractivity contribution < 1.29 is 17.9 Å². The van der Waals surface area contributed by atoms with Crippen LogP contribution in [0, 0.1) is 5.92 Å². The van der Waals surface area contributed by atoms with Gasteiger partial charge in [0.15, 0.2) is 0 Å². The maximum atomic E-state index is 12.9. The third-order valence-electron chi connectivity index (χ3n) is 5.30. The largest absolute Gasteiger partial charge is 0.497 e. The van der Waals surface area contributed by atoms with Gasteiger partial charge in [-0.3, -0.25) is 9.10 Å². The molecule has 1 fully saturated rings. The minimum absolute atomic E-state index is 0.120. The molecule has 0 spiro atoms. The van der Waals surface area contributed by atoms with Gasteiger partial charge >= 0.3 is 0 Å². The van der Waals surface area contributed by atoms with Crippen LogP contribution in [0.4, 0.5) is 5.69 Å². The van der Waals surface area contributed by atoms with E-state index < -0.39 is 10.0 Å². The van der Waals surface area contributed by atoms with E-state index in [1.54, 1.807) is 31.4 Å². The van der Waals surface area contributed by atoms with Crippen LogP contribution < -0.4 is 14.4 Å². The van der Waals surface area contributed by atoms with E-state index >= 15 is 0 Å². The van der Waals surface area contributed by atoms with Crippen LogP contribution >= 0.6 is 0 Å². The van der Waals surface area contributed by atoms with Gasteiger partial charge in [-0.15, -0.1) is 0 Å². The van der Waals surface area contributed by atoms with Crippen molar-refractivity contribution in [3.8, 4) is 5.75 Å². The molecular formula is C23H30N2O4S. The minimum atomic E-state index is -3.26. The molecule has 1 aliphatic heterocycles. The quantitative estimate of drug-likeness (QED) is 0.716. The molecule has 0 aromatic heterocycles. The van der Waals surface area contributed by atoms with E-state index in [1.165, 1.54) is 4.31 Å². The number of hydrogen-bond donors (Lipinski definition) is 1. The van der Waals surface area contributed by atoms with Gasteiger partial charge in [0.2, 0.25) is 10.0 Å². The Balaban J connectivity index is 1.75. The first-order valence-electron chi connectivity index (χ1n) is 10.4. The molecule has 1 amide bonds. The number of carbonyl (C=O) groups excluding carboxylic acids is 1. The van der Waals surface area contributed by atoms with Gasteiger partial charge in [0, 0.05) is 12.1 Å². The van der Waals surface area contributed by atoms with Gasteiger partial charge in [-0.25, -0.2) is 8.42 Å². The lowest BCUT2D eigenvalue weighted by atomic mass is 9.96. The van der Waals surface area contributed by atoms with E-state index in [0.717, 1.165) is 24.2 Å². The second kappa shape index (κ2) is 9.51. The van der Waals surface area contributed by atoms with Crippen molar-refractivity contribution in [1.29, 1.82) is 0 Å². The van der Waals surface area contributed by atoms with Gasteiger partial charge in [-0.2, -0.15) is 0 Å². The Labute approximate surface area is 179 Å². The Morgan fingerprint density at radius 2 is 1.73 bits per heavy atom. The lowest BCUT2D eigenvalue weighted by Gasteiger charge is -2.28. The van der Waals surface area contributed by atoms with Crippen LogP contribution in [0.15, 0.2) is 48.5 Å². The number of rotatable bonds is 7. The first-order valence-corrected chi connectivity index (χ1v) is 12.0. The number of amides is 1. The number of anilines is 1. The number of hydrogen-bond acceptors (Lipinski definition) is 4. The van der Waals surface area contributed by atoms with Gasteiger partial charge < -0.3 is 10.1 Å². The van der Waals surface area contributed by atoms with Crippen molar-refractivity contribution in [2.45, 2.75) is 39.2 Å². The smallest absolute Gasteiger partial charge is 0.251 e. The summed E-state index contributed by atoms with van der Waals surface area (Å²) >= 11 is 0. The second-order valence-corrected chi connectivity index (χ2v) is 10.1. The van der Waals surface area contributed by atoms with Crippen molar-refractivity contribution in [3.05, 3.63) is 59.7 Å². The standard InChI is InChI=1S/C23H30N2O4S/c1-17(2)16-22(18-8-12-21(29-3)13-9-18)24-23(26)19-6-10-20(11-7-19)25-14-4-5-15-30(25,27)28/h6-13,17,22H,4-5,14-16H2,1-3H3,(H,24,26)/t22-/m1/s1. The van der Waals surface area contributed by atoms with Crippen molar-refractivity contribution in [3.63, 3.8) is 0 Å². The summed E-state index contributed by atoms with van der Waals surface area (Å²) in [6, 6.07) is 14.4. The monoisotopic (exact) mass is 430 g/mol. The first kappa shape index (κ1) is 22.2. The molecule has 1 saturated heterocycles. The van der Waals surface area contributed by atoms with Crippen molar-refractivity contribution in [2.75, 3.05) is 23.7 Å². The lowest BCUT2D eigenvalue weighted by Crippen LogP contribution is -2.37. The maximum Gasteiger partial charge on any atom is 0.251 e. The van der Waals surface area contributed by atoms with Crippen molar-refractivity contribution >= 4 is 21.6 Å². The summed E-state index contributed by atoms with van der Waals surface area (Å²) in [7, 11) is -1.64. The normalized spacial score (nSPS) is 16.9. The summed E-state index contributed by atoms with van der Waals surface area (Å²) in [6.45, 7) is 4.73. The molecule has 0 bridgehead atoms. The number of ether oxygens (including phenoxy) is 1. The van der Waals surface area contributed by atoms with Crippen LogP contribution in [-0.4, -0.2) is 33.7 Å². The fourth-order valence-electron chi connectivity index (χ4n) is 3.69. The lowest BCUT2D eigenvalue weighted by molar-refractivity contribution is 0.0932. The molecule has 7 heteroatoms. The Bertz CT molecular complexity index is 954. The zero-order chi connectivity index (χ0) is 21.7. The molecule has 1 N–H and O–H groups in total. The highest BCUT2D eigenvalue weighted by atomic mass is 32.2. The van der Waals surface area contributed by atoms with Crippen LogP contribution in [0.25, 0.3) is 0 Å². The predicted molar refractivity (Wildman–Crippen MR) is 119 cm³/mol. The minimum Gasteiger partial charge on any atom is -0.497 e. The molecule has 162 valence electrons. The molecule has 0 unspecified atom stereocenters. The fourth-order valence-corrected chi connectivity index (χ4v) is 5.32. The molecule has 2 aromatic carbocycles. The fraction of sp³-hybridized carbons (Fsp3) is 0.435. The SMILES string of the molecule is COc1ccc([C@@H](CC(C)C)NC(=O)c2ccc(N3CCCCS3(=O)=O)cc2)cc1. The van der Waals surface area contributed by atoms with Crippen LogP contribution in [0.3, 0.4) is 0 Å². The second-order valence-electron chi connectivity index (χ2n) is 8.07. The van der Waals surface area contributed by atoms with Gasteiger partial charge in [-0.05, 0) is 67.1 Å². The molecule has 0 aliphatic carbocycles. The Kier molecular flexibility index (Phi) is 7.02. The Morgan fingerprint density at radius 1 is 1.07 bits per heavy atom. The number of carbonyl (C=O) groups is 1. The summed E-state index contributed by atoms with van der Waals surface area (Å²) in [4.78, 5) is 12.9. The van der Waals surface area contributed by atoms with E-state index in [0.29, 0.717) is 30.1 Å². The van der Waals surface area contributed by atoms with Crippen molar-refractivity contribution in [1.82, 2.24) is 5.32 Å². The van der Waals surface area contributed by atoms with E-state index in [-0.39, 0.29) is 17.7 Å². The highest BCUT2D eigenvalue weighted by Gasteiger charge is 2.26. The molecule has 1 heterocycles. The van der Waals surface area contributed by atoms with Crippen LogP contribution in [0.2, 0.25) is 0 Å². The number of nitrogens with zero attached hydrogens (tertiary/aromatic N) is 1. The third-order valence-corrected chi connectivity index (χ3v) is 7.17. The third kappa shape index (κ3) is 5.33. The van der Waals surface area contributed by atoms with E-state index in [4.69, 9.17) is 4.74 Å². The number of benzene rings is 2. The summed E-state index contributed by atoms with van der Waals surface area (Å²) in [5.74, 6) is 1.18. The molecule has 3 rings (SSSR count). The van der Waals surface area contributed by atoms with E-state index in [2.05, 4.69) is 19.2 Å². The maximum absolute atomic E-state index is 12.9. The Hall–Kier alpha value is -2.54. The van der Waals surface area contributed by atoms with Gasteiger partial charge in [0.05, 0.1) is 24.6 Å². The molecule has 30 heavy (non-hydrogen) atoms. The zero-order valence-electron chi connectivity index (χ0n) is 17.8. The zero-order valence-corrected chi connectivity index (χ0v) is 18.6. The molecular weight excluding hydrogens is 400 g/mol. The van der Waals surface area contributed by atoms with Gasteiger partial charge in [0.25, 0.3) is 5.91 Å². The predicted octanol–water partition coefficient (Wildman–Crippen LogP) is 4.14. The van der Waals surface area contributed by atoms with Crippen LogP contribution in [0.1, 0.15) is 55.1 Å². The highest BCUT2D eigenvalue weighted by Crippen LogP contribution is 2.26. The number of sulfonamides is 1. The molecule has 1 atom stereocenters. The molecule has 6 nitrogen and oxygen atoms in total. The summed E-state index contributed by atoms with van der Waals surface area (Å²) in [5.41, 5.74) is 2.14. The van der Waals surface area contributed by atoms with E-state index in [9.17, 15) is 13.2 Å². The topological polar surface area (TPSA) is 75.7 Å². The average molecular weight is 431 g/mol. The van der Waals surface area contributed by atoms with Crippen LogP contribution in [0.5, 0.6) is 5.75 Å². The van der Waals surface area contributed by atoms with Gasteiger partial charge in [0.1, 0.15) is 5.75 Å². The molecule has 0 radical (unpaired) electrons. The summed E-state index contributed by atoms with van der Waals surface area (Å²) < 4.78 is 31.2. The molecule has 1 aliphatic rings. The Morgan fingerprint density at radius 3 is 2.30 bits per heavy atom. The number of methoxy groups -OCH3 is 1. The summed E-state index contributed by atoms with van der Waals surface area (Å²) in [6.07, 6.45) is 2.35. The van der Waals surface area contributed by atoms with Crippen molar-refractivity contribution in [2.24, 2.45) is 5.92 Å². The van der Waals surface area contributed by atoms with E-state index in [1.807, 2.05) is 24.3 Å². The van der Waals surface area contributed by atoms with Crippen LogP contribution in [-0.2, 0) is 10.0 Å². The first-order chi connectivity index (χ1) is 14.3. The average Bonchev–Trinajstić information content (AvgIpc) is 2.73. The summed E-state index contributed by atoms with van der Waals surface area (Å²) in [5, 5.41) is 3.12.